The number of amides is 1. The normalized spacial score (nSPS) is 11.8. The maximum absolute atomic E-state index is 12.2. The molecule has 1 unspecified atom stereocenters. The highest BCUT2D eigenvalue weighted by Gasteiger charge is 2.16. The molecule has 2 aromatic rings. The lowest BCUT2D eigenvalue weighted by molar-refractivity contribution is 0.0937. The fourth-order valence-electron chi connectivity index (χ4n) is 2.26. The first-order chi connectivity index (χ1) is 10.0. The third kappa shape index (κ3) is 3.34. The van der Waals surface area contributed by atoms with Crippen LogP contribution in [0.2, 0.25) is 0 Å². The minimum Gasteiger partial charge on any atom is -0.507 e. The lowest BCUT2D eigenvalue weighted by Gasteiger charge is -2.17. The first-order valence-corrected chi connectivity index (χ1v) is 6.76. The van der Waals surface area contributed by atoms with Crippen molar-refractivity contribution in [1.82, 2.24) is 5.32 Å². The summed E-state index contributed by atoms with van der Waals surface area (Å²) < 4.78 is 5.00. The van der Waals surface area contributed by atoms with Crippen molar-refractivity contribution in [2.24, 2.45) is 0 Å². The average molecular weight is 285 g/mol. The van der Waals surface area contributed by atoms with E-state index in [1.807, 2.05) is 38.1 Å². The Morgan fingerprint density at radius 2 is 1.95 bits per heavy atom. The van der Waals surface area contributed by atoms with Crippen molar-refractivity contribution < 1.29 is 14.6 Å². The molecule has 0 heterocycles. The Hall–Kier alpha value is -2.49. The van der Waals surface area contributed by atoms with Crippen LogP contribution in [0.25, 0.3) is 0 Å². The second kappa shape index (κ2) is 6.31. The molecule has 110 valence electrons. The number of benzene rings is 2. The molecule has 0 aliphatic rings. The van der Waals surface area contributed by atoms with E-state index in [4.69, 9.17) is 4.74 Å². The first kappa shape index (κ1) is 14.9. The molecular weight excluding hydrogens is 266 g/mol. The van der Waals surface area contributed by atoms with Crippen molar-refractivity contribution in [2.45, 2.75) is 19.9 Å². The van der Waals surface area contributed by atoms with Crippen LogP contribution in [0, 0.1) is 6.92 Å². The van der Waals surface area contributed by atoms with E-state index in [1.54, 1.807) is 12.1 Å². The Kier molecular flexibility index (Phi) is 4.48. The molecular formula is C17H19NO3. The van der Waals surface area contributed by atoms with Crippen molar-refractivity contribution in [3.8, 4) is 11.5 Å². The van der Waals surface area contributed by atoms with Crippen LogP contribution in [0.4, 0.5) is 0 Å². The quantitative estimate of drug-likeness (QED) is 0.907. The number of hydrogen-bond donors (Lipinski definition) is 2. The van der Waals surface area contributed by atoms with Crippen molar-refractivity contribution in [1.29, 1.82) is 0 Å². The van der Waals surface area contributed by atoms with Gasteiger partial charge in [0.15, 0.2) is 0 Å². The van der Waals surface area contributed by atoms with Gasteiger partial charge in [0.2, 0.25) is 0 Å². The number of aryl methyl sites for hydroxylation is 1. The highest BCUT2D eigenvalue weighted by Crippen LogP contribution is 2.24. The minimum atomic E-state index is -0.314. The Balaban J connectivity index is 2.16. The standard InChI is InChI=1S/C17H19NO3/c1-11-6-4-5-7-14(11)12(2)18-17(20)15-9-8-13(21-3)10-16(15)19/h4-10,12,19H,1-3H3,(H,18,20). The second-order valence-electron chi connectivity index (χ2n) is 4.93. The number of nitrogens with one attached hydrogen (secondary N) is 1. The van der Waals surface area contributed by atoms with E-state index < -0.39 is 0 Å². The Labute approximate surface area is 124 Å². The largest absolute Gasteiger partial charge is 0.507 e. The Morgan fingerprint density at radius 1 is 1.24 bits per heavy atom. The van der Waals surface area contributed by atoms with Gasteiger partial charge >= 0.3 is 0 Å². The van der Waals surface area contributed by atoms with Crippen molar-refractivity contribution in [3.63, 3.8) is 0 Å². The third-order valence-electron chi connectivity index (χ3n) is 3.45. The summed E-state index contributed by atoms with van der Waals surface area (Å²) >= 11 is 0. The van der Waals surface area contributed by atoms with E-state index in [0.29, 0.717) is 5.75 Å². The van der Waals surface area contributed by atoms with Crippen molar-refractivity contribution in [3.05, 3.63) is 59.2 Å². The number of methoxy groups -OCH3 is 1. The van der Waals surface area contributed by atoms with E-state index in [2.05, 4.69) is 5.32 Å². The van der Waals surface area contributed by atoms with Crippen LogP contribution in [-0.2, 0) is 0 Å². The van der Waals surface area contributed by atoms with Gasteiger partial charge in [-0.25, -0.2) is 0 Å². The number of ether oxygens (including phenoxy) is 1. The lowest BCUT2D eigenvalue weighted by atomic mass is 10.0. The van der Waals surface area contributed by atoms with Crippen LogP contribution < -0.4 is 10.1 Å². The van der Waals surface area contributed by atoms with Gasteiger partial charge in [0, 0.05) is 6.07 Å². The third-order valence-corrected chi connectivity index (χ3v) is 3.45. The van der Waals surface area contributed by atoms with Gasteiger partial charge in [-0.1, -0.05) is 24.3 Å². The predicted molar refractivity (Wildman–Crippen MR) is 81.7 cm³/mol. The van der Waals surface area contributed by atoms with Crippen LogP contribution in [0.1, 0.15) is 34.5 Å². The topological polar surface area (TPSA) is 58.6 Å². The molecule has 0 aliphatic carbocycles. The molecule has 21 heavy (non-hydrogen) atoms. The zero-order valence-corrected chi connectivity index (χ0v) is 12.4. The molecule has 0 saturated heterocycles. The van der Waals surface area contributed by atoms with Gasteiger partial charge in [-0.05, 0) is 37.1 Å². The summed E-state index contributed by atoms with van der Waals surface area (Å²) in [5.74, 6) is 0.103. The summed E-state index contributed by atoms with van der Waals surface area (Å²) in [7, 11) is 1.51. The summed E-state index contributed by atoms with van der Waals surface area (Å²) in [5, 5.41) is 12.8. The van der Waals surface area contributed by atoms with Crippen molar-refractivity contribution >= 4 is 5.91 Å². The highest BCUT2D eigenvalue weighted by molar-refractivity contribution is 5.97. The number of carbonyl (C=O) groups is 1. The van der Waals surface area contributed by atoms with Gasteiger partial charge in [0.1, 0.15) is 11.5 Å². The molecule has 2 rings (SSSR count). The molecule has 2 aromatic carbocycles. The molecule has 0 aromatic heterocycles. The van der Waals surface area contributed by atoms with Crippen LogP contribution in [0.3, 0.4) is 0 Å². The molecule has 2 N–H and O–H groups in total. The van der Waals surface area contributed by atoms with Crippen LogP contribution >= 0.6 is 0 Å². The molecule has 1 atom stereocenters. The van der Waals surface area contributed by atoms with E-state index >= 15 is 0 Å². The fraction of sp³-hybridized carbons (Fsp3) is 0.235. The van der Waals surface area contributed by atoms with Gasteiger partial charge in [-0.15, -0.1) is 0 Å². The SMILES string of the molecule is COc1ccc(C(=O)NC(C)c2ccccc2C)c(O)c1. The predicted octanol–water partition coefficient (Wildman–Crippen LogP) is 3.20. The van der Waals surface area contributed by atoms with Gasteiger partial charge in [-0.3, -0.25) is 4.79 Å². The van der Waals surface area contributed by atoms with Gasteiger partial charge in [0.05, 0.1) is 18.7 Å². The molecule has 0 fully saturated rings. The summed E-state index contributed by atoms with van der Waals surface area (Å²) in [6, 6.07) is 12.4. The number of aromatic hydroxyl groups is 1. The fourth-order valence-corrected chi connectivity index (χ4v) is 2.26. The van der Waals surface area contributed by atoms with E-state index in [1.165, 1.54) is 13.2 Å². The van der Waals surface area contributed by atoms with Crippen LogP contribution in [0.5, 0.6) is 11.5 Å². The number of phenols is 1. The smallest absolute Gasteiger partial charge is 0.255 e. The average Bonchev–Trinajstić information content (AvgIpc) is 2.47. The minimum absolute atomic E-state index is 0.0937. The summed E-state index contributed by atoms with van der Waals surface area (Å²) in [4.78, 5) is 12.2. The molecule has 0 aliphatic heterocycles. The molecule has 0 saturated carbocycles. The monoisotopic (exact) mass is 285 g/mol. The summed E-state index contributed by atoms with van der Waals surface area (Å²) in [6.45, 7) is 3.92. The van der Waals surface area contributed by atoms with E-state index in [0.717, 1.165) is 11.1 Å². The zero-order chi connectivity index (χ0) is 15.4. The number of rotatable bonds is 4. The number of hydrogen-bond acceptors (Lipinski definition) is 3. The first-order valence-electron chi connectivity index (χ1n) is 6.76. The summed E-state index contributed by atoms with van der Waals surface area (Å²) in [6.07, 6.45) is 0. The maximum atomic E-state index is 12.2. The molecule has 0 spiro atoms. The zero-order valence-electron chi connectivity index (χ0n) is 12.4. The van der Waals surface area contributed by atoms with E-state index in [9.17, 15) is 9.90 Å². The summed E-state index contributed by atoms with van der Waals surface area (Å²) in [5.41, 5.74) is 2.40. The molecule has 4 heteroatoms. The lowest BCUT2D eigenvalue weighted by Crippen LogP contribution is -2.27. The maximum Gasteiger partial charge on any atom is 0.255 e. The van der Waals surface area contributed by atoms with Gasteiger partial charge in [0.25, 0.3) is 5.91 Å². The Bertz CT molecular complexity index is 652. The molecule has 0 bridgehead atoms. The molecule has 0 radical (unpaired) electrons. The van der Waals surface area contributed by atoms with Crippen LogP contribution in [-0.4, -0.2) is 18.1 Å². The van der Waals surface area contributed by atoms with E-state index in [-0.39, 0.29) is 23.3 Å². The number of carbonyl (C=O) groups excluding carboxylic acids is 1. The second-order valence-corrected chi connectivity index (χ2v) is 4.93. The van der Waals surface area contributed by atoms with Crippen LogP contribution in [0.15, 0.2) is 42.5 Å². The Morgan fingerprint density at radius 3 is 2.57 bits per heavy atom. The molecule has 1 amide bonds. The van der Waals surface area contributed by atoms with Crippen molar-refractivity contribution in [2.75, 3.05) is 7.11 Å². The molecule has 4 nitrogen and oxygen atoms in total. The number of phenolic OH excluding ortho intramolecular Hbond substituents is 1. The highest BCUT2D eigenvalue weighted by atomic mass is 16.5. The van der Waals surface area contributed by atoms with Gasteiger partial charge in [-0.2, -0.15) is 0 Å². The van der Waals surface area contributed by atoms with Gasteiger partial charge < -0.3 is 15.2 Å².